The minimum absolute atomic E-state index is 0.317. The summed E-state index contributed by atoms with van der Waals surface area (Å²) in [6.07, 6.45) is 8.08. The van der Waals surface area contributed by atoms with E-state index in [2.05, 4.69) is 28.9 Å². The summed E-state index contributed by atoms with van der Waals surface area (Å²) in [4.78, 5) is 11.0. The smallest absolute Gasteiger partial charge is 0.129 e. The molecule has 0 aliphatic heterocycles. The fraction of sp³-hybridized carbons (Fsp3) is 0.611. The lowest BCUT2D eigenvalue weighted by atomic mass is 9.84. The van der Waals surface area contributed by atoms with Crippen LogP contribution in [0, 0.1) is 12.8 Å². The molecule has 3 heteroatoms. The van der Waals surface area contributed by atoms with E-state index in [9.17, 15) is 4.79 Å². The van der Waals surface area contributed by atoms with E-state index in [1.807, 2.05) is 12.1 Å². The summed E-state index contributed by atoms with van der Waals surface area (Å²) in [5.41, 5.74) is 1.18. The first-order chi connectivity index (χ1) is 10.1. The third-order valence-corrected chi connectivity index (χ3v) is 5.31. The summed E-state index contributed by atoms with van der Waals surface area (Å²) >= 11 is 3.55. The SMILES string of the molecule is CC(=O)CCC[C@H]1CC[C@H](Oc2cccc(Br)c2C)CC1. The van der Waals surface area contributed by atoms with Gasteiger partial charge in [-0.2, -0.15) is 0 Å². The highest BCUT2D eigenvalue weighted by molar-refractivity contribution is 9.10. The summed E-state index contributed by atoms with van der Waals surface area (Å²) < 4.78 is 7.28. The van der Waals surface area contributed by atoms with E-state index in [4.69, 9.17) is 4.74 Å². The Bertz CT molecular complexity index is 476. The molecular weight excluding hydrogens is 328 g/mol. The van der Waals surface area contributed by atoms with E-state index in [1.165, 1.54) is 24.8 Å². The molecular formula is C18H25BrO2. The summed E-state index contributed by atoms with van der Waals surface area (Å²) in [6.45, 7) is 3.78. The second-order valence-electron chi connectivity index (χ2n) is 6.22. The Morgan fingerprint density at radius 2 is 2.00 bits per heavy atom. The average molecular weight is 353 g/mol. The van der Waals surface area contributed by atoms with Gasteiger partial charge in [-0.15, -0.1) is 0 Å². The van der Waals surface area contributed by atoms with Crippen LogP contribution in [0.3, 0.4) is 0 Å². The Morgan fingerprint density at radius 3 is 2.67 bits per heavy atom. The summed E-state index contributed by atoms with van der Waals surface area (Å²) in [5, 5.41) is 0. The number of rotatable bonds is 6. The number of carbonyl (C=O) groups excluding carboxylic acids is 1. The van der Waals surface area contributed by atoms with Crippen LogP contribution in [-0.2, 0) is 4.79 Å². The summed E-state index contributed by atoms with van der Waals surface area (Å²) in [6, 6.07) is 6.13. The predicted octanol–water partition coefficient (Wildman–Crippen LogP) is 5.45. The maximum atomic E-state index is 11.0. The first-order valence-electron chi connectivity index (χ1n) is 7.97. The van der Waals surface area contributed by atoms with Crippen LogP contribution in [0.2, 0.25) is 0 Å². The monoisotopic (exact) mass is 352 g/mol. The van der Waals surface area contributed by atoms with Crippen molar-refractivity contribution in [3.63, 3.8) is 0 Å². The number of hydrogen-bond donors (Lipinski definition) is 0. The van der Waals surface area contributed by atoms with Crippen LogP contribution in [-0.4, -0.2) is 11.9 Å². The van der Waals surface area contributed by atoms with Crippen LogP contribution in [0.5, 0.6) is 5.75 Å². The normalized spacial score (nSPS) is 22.0. The predicted molar refractivity (Wildman–Crippen MR) is 89.8 cm³/mol. The number of ketones is 1. The molecule has 1 aliphatic carbocycles. The van der Waals surface area contributed by atoms with Crippen LogP contribution < -0.4 is 4.74 Å². The van der Waals surface area contributed by atoms with Gasteiger partial charge in [-0.05, 0) is 64.0 Å². The van der Waals surface area contributed by atoms with Crippen molar-refractivity contribution in [3.8, 4) is 5.75 Å². The lowest BCUT2D eigenvalue weighted by molar-refractivity contribution is -0.117. The van der Waals surface area contributed by atoms with Crippen molar-refractivity contribution < 1.29 is 9.53 Å². The minimum Gasteiger partial charge on any atom is -0.490 e. The fourth-order valence-electron chi connectivity index (χ4n) is 3.07. The molecule has 1 aromatic rings. The molecule has 0 N–H and O–H groups in total. The van der Waals surface area contributed by atoms with Gasteiger partial charge in [0.15, 0.2) is 0 Å². The standard InChI is InChI=1S/C18H25BrO2/c1-13(20)5-3-6-15-9-11-16(12-10-15)21-18-8-4-7-17(19)14(18)2/h4,7-8,15-16H,3,5-6,9-12H2,1-2H3/t15-,16-. The number of Topliss-reactive ketones (excluding diaryl/α,β-unsaturated/α-hetero) is 1. The van der Waals surface area contributed by atoms with Crippen molar-refractivity contribution in [1.82, 2.24) is 0 Å². The first kappa shape index (κ1) is 16.5. The highest BCUT2D eigenvalue weighted by Gasteiger charge is 2.22. The van der Waals surface area contributed by atoms with E-state index >= 15 is 0 Å². The number of carbonyl (C=O) groups is 1. The third kappa shape index (κ3) is 5.14. The summed E-state index contributed by atoms with van der Waals surface area (Å²) in [5.74, 6) is 2.11. The van der Waals surface area contributed by atoms with Gasteiger partial charge in [0.1, 0.15) is 11.5 Å². The Morgan fingerprint density at radius 1 is 1.29 bits per heavy atom. The van der Waals surface area contributed by atoms with Crippen LogP contribution in [0.4, 0.5) is 0 Å². The molecule has 116 valence electrons. The third-order valence-electron chi connectivity index (χ3n) is 4.45. The van der Waals surface area contributed by atoms with Crippen molar-refractivity contribution in [2.75, 3.05) is 0 Å². The maximum Gasteiger partial charge on any atom is 0.129 e. The molecule has 0 unspecified atom stereocenters. The zero-order valence-corrected chi connectivity index (χ0v) is 14.6. The van der Waals surface area contributed by atoms with Crippen molar-refractivity contribution in [3.05, 3.63) is 28.2 Å². The van der Waals surface area contributed by atoms with E-state index in [0.29, 0.717) is 11.9 Å². The van der Waals surface area contributed by atoms with Crippen molar-refractivity contribution in [2.45, 2.75) is 64.9 Å². The molecule has 0 spiro atoms. The molecule has 1 fully saturated rings. The van der Waals surface area contributed by atoms with Crippen LogP contribution in [0.15, 0.2) is 22.7 Å². The van der Waals surface area contributed by atoms with E-state index in [-0.39, 0.29) is 0 Å². The molecule has 0 heterocycles. The highest BCUT2D eigenvalue weighted by Crippen LogP contribution is 2.33. The molecule has 0 saturated heterocycles. The van der Waals surface area contributed by atoms with Crippen molar-refractivity contribution in [2.24, 2.45) is 5.92 Å². The van der Waals surface area contributed by atoms with E-state index in [1.54, 1.807) is 6.92 Å². The fourth-order valence-corrected chi connectivity index (χ4v) is 3.42. The topological polar surface area (TPSA) is 26.3 Å². The molecule has 1 saturated carbocycles. The molecule has 1 aliphatic rings. The molecule has 0 atom stereocenters. The van der Waals surface area contributed by atoms with Crippen molar-refractivity contribution in [1.29, 1.82) is 0 Å². The highest BCUT2D eigenvalue weighted by atomic mass is 79.9. The molecule has 0 bridgehead atoms. The van der Waals surface area contributed by atoms with Crippen LogP contribution >= 0.6 is 15.9 Å². The van der Waals surface area contributed by atoms with Crippen LogP contribution in [0.1, 0.15) is 57.4 Å². The molecule has 1 aromatic carbocycles. The zero-order valence-electron chi connectivity index (χ0n) is 13.0. The van der Waals surface area contributed by atoms with E-state index in [0.717, 1.165) is 41.8 Å². The number of benzene rings is 1. The summed E-state index contributed by atoms with van der Waals surface area (Å²) in [7, 11) is 0. The van der Waals surface area contributed by atoms with Gasteiger partial charge >= 0.3 is 0 Å². The second-order valence-corrected chi connectivity index (χ2v) is 7.07. The molecule has 2 nitrogen and oxygen atoms in total. The zero-order chi connectivity index (χ0) is 15.2. The van der Waals surface area contributed by atoms with Crippen LogP contribution in [0.25, 0.3) is 0 Å². The minimum atomic E-state index is 0.317. The molecule has 0 amide bonds. The Labute approximate surface area is 136 Å². The van der Waals surface area contributed by atoms with Gasteiger partial charge < -0.3 is 9.53 Å². The second kappa shape index (κ2) is 7.98. The van der Waals surface area contributed by atoms with E-state index < -0.39 is 0 Å². The lowest BCUT2D eigenvalue weighted by Gasteiger charge is -2.29. The average Bonchev–Trinajstić information content (AvgIpc) is 2.45. The molecule has 0 radical (unpaired) electrons. The molecule has 0 aromatic heterocycles. The Hall–Kier alpha value is -0.830. The van der Waals surface area contributed by atoms with Gasteiger partial charge in [-0.25, -0.2) is 0 Å². The van der Waals surface area contributed by atoms with Gasteiger partial charge in [0.2, 0.25) is 0 Å². The van der Waals surface area contributed by atoms with Gasteiger partial charge in [0.25, 0.3) is 0 Å². The first-order valence-corrected chi connectivity index (χ1v) is 8.76. The van der Waals surface area contributed by atoms with Crippen molar-refractivity contribution >= 4 is 21.7 Å². The molecule has 21 heavy (non-hydrogen) atoms. The van der Waals surface area contributed by atoms with Gasteiger partial charge in [-0.1, -0.05) is 28.4 Å². The number of halogens is 1. The Balaban J connectivity index is 1.76. The maximum absolute atomic E-state index is 11.0. The lowest BCUT2D eigenvalue weighted by Crippen LogP contribution is -2.24. The Kier molecular flexibility index (Phi) is 6.28. The molecule has 2 rings (SSSR count). The largest absolute Gasteiger partial charge is 0.490 e. The van der Waals surface area contributed by atoms with Gasteiger partial charge in [-0.3, -0.25) is 0 Å². The number of hydrogen-bond acceptors (Lipinski definition) is 2. The quantitative estimate of drug-likeness (QED) is 0.679. The number of ether oxygens (including phenoxy) is 1. The van der Waals surface area contributed by atoms with Gasteiger partial charge in [0, 0.05) is 16.5 Å². The van der Waals surface area contributed by atoms with Gasteiger partial charge in [0.05, 0.1) is 6.10 Å².